The van der Waals surface area contributed by atoms with Gasteiger partial charge in [0.2, 0.25) is 5.91 Å². The van der Waals surface area contributed by atoms with Crippen LogP contribution in [0.1, 0.15) is 45.4 Å². The molecule has 1 amide bonds. The topological polar surface area (TPSA) is 44.4 Å². The molecule has 4 nitrogen and oxygen atoms in total. The summed E-state index contributed by atoms with van der Waals surface area (Å²) in [6.07, 6.45) is 7.50. The predicted octanol–water partition coefficient (Wildman–Crippen LogP) is 1.12. The van der Waals surface area contributed by atoms with Crippen LogP contribution in [-0.2, 0) is 4.79 Å². The standard InChI is InChI=1S/C14H27N3O/c1-2-8-16-13(18)11-17-10-9-15-12-14(17)6-4-3-5-7-14/h15H,2-12H2,1H3,(H,16,18). The molecule has 0 radical (unpaired) electrons. The smallest absolute Gasteiger partial charge is 0.234 e. The number of carbonyl (C=O) groups is 1. The first-order chi connectivity index (χ1) is 8.77. The number of hydrogen-bond donors (Lipinski definition) is 2. The molecule has 1 aliphatic heterocycles. The Labute approximate surface area is 110 Å². The van der Waals surface area contributed by atoms with Crippen molar-refractivity contribution in [2.24, 2.45) is 0 Å². The van der Waals surface area contributed by atoms with Crippen LogP contribution in [0.15, 0.2) is 0 Å². The molecular weight excluding hydrogens is 226 g/mol. The van der Waals surface area contributed by atoms with Gasteiger partial charge < -0.3 is 10.6 Å². The molecule has 2 N–H and O–H groups in total. The van der Waals surface area contributed by atoms with Crippen LogP contribution in [0.2, 0.25) is 0 Å². The van der Waals surface area contributed by atoms with Gasteiger partial charge in [-0.3, -0.25) is 9.69 Å². The fourth-order valence-corrected chi connectivity index (χ4v) is 3.33. The second kappa shape index (κ2) is 6.53. The third-order valence-corrected chi connectivity index (χ3v) is 4.37. The normalized spacial score (nSPS) is 24.1. The van der Waals surface area contributed by atoms with Crippen LogP contribution in [0.4, 0.5) is 0 Å². The molecule has 0 aromatic rings. The van der Waals surface area contributed by atoms with E-state index >= 15 is 0 Å². The van der Waals surface area contributed by atoms with Gasteiger partial charge in [-0.15, -0.1) is 0 Å². The Morgan fingerprint density at radius 3 is 2.83 bits per heavy atom. The van der Waals surface area contributed by atoms with E-state index in [2.05, 4.69) is 22.5 Å². The summed E-state index contributed by atoms with van der Waals surface area (Å²) in [5.41, 5.74) is 0.264. The quantitative estimate of drug-likeness (QED) is 0.789. The lowest BCUT2D eigenvalue weighted by Gasteiger charge is -2.49. The third kappa shape index (κ3) is 3.23. The first-order valence-electron chi connectivity index (χ1n) is 7.49. The molecule has 1 spiro atoms. The fourth-order valence-electron chi connectivity index (χ4n) is 3.33. The number of hydrogen-bond acceptors (Lipinski definition) is 3. The summed E-state index contributed by atoms with van der Waals surface area (Å²) < 4.78 is 0. The van der Waals surface area contributed by atoms with Crippen LogP contribution in [0.5, 0.6) is 0 Å². The van der Waals surface area contributed by atoms with Crippen LogP contribution in [-0.4, -0.2) is 49.1 Å². The largest absolute Gasteiger partial charge is 0.355 e. The second-order valence-electron chi connectivity index (χ2n) is 5.73. The number of piperazine rings is 1. The SMILES string of the molecule is CCCNC(=O)CN1CCNCC12CCCCC2. The molecule has 2 fully saturated rings. The second-order valence-corrected chi connectivity index (χ2v) is 5.73. The van der Waals surface area contributed by atoms with Gasteiger partial charge in [-0.25, -0.2) is 0 Å². The summed E-state index contributed by atoms with van der Waals surface area (Å²) in [5, 5.41) is 6.52. The van der Waals surface area contributed by atoms with E-state index in [0.717, 1.165) is 32.6 Å². The molecule has 1 saturated heterocycles. The van der Waals surface area contributed by atoms with Crippen molar-refractivity contribution in [3.63, 3.8) is 0 Å². The number of rotatable bonds is 4. The summed E-state index contributed by atoms with van der Waals surface area (Å²) in [7, 11) is 0. The molecule has 1 heterocycles. The Kier molecular flexibility index (Phi) is 5.01. The highest BCUT2D eigenvalue weighted by molar-refractivity contribution is 5.78. The molecule has 18 heavy (non-hydrogen) atoms. The minimum atomic E-state index is 0.198. The molecule has 1 saturated carbocycles. The molecule has 2 rings (SSSR count). The number of nitrogens with one attached hydrogen (secondary N) is 2. The first-order valence-corrected chi connectivity index (χ1v) is 7.49. The van der Waals surface area contributed by atoms with Crippen molar-refractivity contribution in [2.75, 3.05) is 32.7 Å². The van der Waals surface area contributed by atoms with Gasteiger partial charge in [0, 0.05) is 31.7 Å². The van der Waals surface area contributed by atoms with Crippen molar-refractivity contribution < 1.29 is 4.79 Å². The van der Waals surface area contributed by atoms with E-state index in [1.54, 1.807) is 0 Å². The maximum atomic E-state index is 11.9. The maximum Gasteiger partial charge on any atom is 0.234 e. The predicted molar refractivity (Wildman–Crippen MR) is 73.6 cm³/mol. The highest BCUT2D eigenvalue weighted by Crippen LogP contribution is 2.34. The van der Waals surface area contributed by atoms with Gasteiger partial charge in [0.25, 0.3) is 0 Å². The summed E-state index contributed by atoms with van der Waals surface area (Å²) in [6.45, 7) is 6.57. The number of nitrogens with zero attached hydrogens (tertiary/aromatic N) is 1. The summed E-state index contributed by atoms with van der Waals surface area (Å²) in [6, 6.07) is 0. The fraction of sp³-hybridized carbons (Fsp3) is 0.929. The zero-order chi connectivity index (χ0) is 12.8. The molecule has 4 heteroatoms. The molecule has 2 aliphatic rings. The molecule has 1 aliphatic carbocycles. The van der Waals surface area contributed by atoms with E-state index in [1.165, 1.54) is 32.1 Å². The van der Waals surface area contributed by atoms with Crippen molar-refractivity contribution in [1.82, 2.24) is 15.5 Å². The van der Waals surface area contributed by atoms with Gasteiger partial charge >= 0.3 is 0 Å². The van der Waals surface area contributed by atoms with Crippen LogP contribution in [0, 0.1) is 0 Å². The van der Waals surface area contributed by atoms with E-state index in [0.29, 0.717) is 6.54 Å². The van der Waals surface area contributed by atoms with Crippen molar-refractivity contribution >= 4 is 5.91 Å². The van der Waals surface area contributed by atoms with Gasteiger partial charge in [-0.05, 0) is 19.3 Å². The van der Waals surface area contributed by atoms with E-state index in [-0.39, 0.29) is 11.4 Å². The van der Waals surface area contributed by atoms with E-state index in [9.17, 15) is 4.79 Å². The molecule has 0 aromatic heterocycles. The van der Waals surface area contributed by atoms with E-state index in [1.807, 2.05) is 0 Å². The number of amides is 1. The highest BCUT2D eigenvalue weighted by Gasteiger charge is 2.40. The Morgan fingerprint density at radius 1 is 1.33 bits per heavy atom. The minimum absolute atomic E-state index is 0.198. The molecular formula is C14H27N3O. The molecule has 0 bridgehead atoms. The highest BCUT2D eigenvalue weighted by atomic mass is 16.2. The summed E-state index contributed by atoms with van der Waals surface area (Å²) in [5.74, 6) is 0.198. The zero-order valence-electron chi connectivity index (χ0n) is 11.6. The average Bonchev–Trinajstić information content (AvgIpc) is 2.40. The Balaban J connectivity index is 1.92. The lowest BCUT2D eigenvalue weighted by atomic mass is 9.79. The first kappa shape index (κ1) is 13.8. The Bertz CT molecular complexity index is 266. The molecule has 0 unspecified atom stereocenters. The van der Waals surface area contributed by atoms with Gasteiger partial charge in [0.1, 0.15) is 0 Å². The van der Waals surface area contributed by atoms with Crippen LogP contribution in [0.3, 0.4) is 0 Å². The lowest BCUT2D eigenvalue weighted by Crippen LogP contribution is -2.63. The molecule has 0 aromatic carbocycles. The Hall–Kier alpha value is -0.610. The maximum absolute atomic E-state index is 11.9. The van der Waals surface area contributed by atoms with Crippen LogP contribution >= 0.6 is 0 Å². The van der Waals surface area contributed by atoms with Crippen molar-refractivity contribution in [3.8, 4) is 0 Å². The zero-order valence-corrected chi connectivity index (χ0v) is 11.6. The van der Waals surface area contributed by atoms with E-state index in [4.69, 9.17) is 0 Å². The third-order valence-electron chi connectivity index (χ3n) is 4.37. The molecule has 104 valence electrons. The van der Waals surface area contributed by atoms with Gasteiger partial charge in [-0.1, -0.05) is 26.2 Å². The lowest BCUT2D eigenvalue weighted by molar-refractivity contribution is -0.125. The van der Waals surface area contributed by atoms with Crippen molar-refractivity contribution in [3.05, 3.63) is 0 Å². The van der Waals surface area contributed by atoms with E-state index < -0.39 is 0 Å². The average molecular weight is 253 g/mol. The van der Waals surface area contributed by atoms with Gasteiger partial charge in [0.05, 0.1) is 6.54 Å². The van der Waals surface area contributed by atoms with Gasteiger partial charge in [-0.2, -0.15) is 0 Å². The van der Waals surface area contributed by atoms with Crippen LogP contribution in [0.25, 0.3) is 0 Å². The minimum Gasteiger partial charge on any atom is -0.355 e. The number of carbonyl (C=O) groups excluding carboxylic acids is 1. The molecule has 0 atom stereocenters. The summed E-state index contributed by atoms with van der Waals surface area (Å²) >= 11 is 0. The Morgan fingerprint density at radius 2 is 2.11 bits per heavy atom. The van der Waals surface area contributed by atoms with Crippen LogP contribution < -0.4 is 10.6 Å². The monoisotopic (exact) mass is 253 g/mol. The van der Waals surface area contributed by atoms with Crippen molar-refractivity contribution in [2.45, 2.75) is 51.0 Å². The summed E-state index contributed by atoms with van der Waals surface area (Å²) in [4.78, 5) is 14.4. The van der Waals surface area contributed by atoms with Gasteiger partial charge in [0.15, 0.2) is 0 Å². The van der Waals surface area contributed by atoms with Crippen molar-refractivity contribution in [1.29, 1.82) is 0 Å².